The Bertz CT molecular complexity index is 1800. The van der Waals surface area contributed by atoms with Gasteiger partial charge in [0.2, 0.25) is 5.95 Å². The number of hydrogen-bond donors (Lipinski definition) is 1. The quantitative estimate of drug-likeness (QED) is 0.238. The second-order valence-corrected chi connectivity index (χ2v) is 11.2. The number of anilines is 2. The first-order chi connectivity index (χ1) is 20.1. The number of nitrogens with zero attached hydrogens (tertiary/aromatic N) is 9. The number of imidazole rings is 1. The summed E-state index contributed by atoms with van der Waals surface area (Å²) < 4.78 is 8.75. The van der Waals surface area contributed by atoms with Gasteiger partial charge >= 0.3 is 5.97 Å². The third-order valence-corrected chi connectivity index (χ3v) is 6.99. The fraction of sp³-hybridized carbons (Fsp3) is 0.345. The first kappa shape index (κ1) is 27.1. The van der Waals surface area contributed by atoms with Crippen LogP contribution in [-0.4, -0.2) is 83.2 Å². The minimum absolute atomic E-state index is 0.0785. The molecular weight excluding hydrogens is 538 g/mol. The molecule has 216 valence electrons. The fourth-order valence-corrected chi connectivity index (χ4v) is 5.05. The maximum Gasteiger partial charge on any atom is 0.326 e. The van der Waals surface area contributed by atoms with Crippen molar-refractivity contribution in [3.05, 3.63) is 54.4 Å². The molecule has 0 unspecified atom stereocenters. The predicted octanol–water partition coefficient (Wildman–Crippen LogP) is 3.14. The summed E-state index contributed by atoms with van der Waals surface area (Å²) >= 11 is 0. The van der Waals surface area contributed by atoms with Crippen LogP contribution in [-0.2, 0) is 16.1 Å². The zero-order valence-corrected chi connectivity index (χ0v) is 23.9. The van der Waals surface area contributed by atoms with E-state index in [9.17, 15) is 14.7 Å². The van der Waals surface area contributed by atoms with Crippen LogP contribution in [0.25, 0.3) is 28.0 Å². The maximum atomic E-state index is 12.7. The molecule has 42 heavy (non-hydrogen) atoms. The number of hydrogen-bond acceptors (Lipinski definition) is 11. The van der Waals surface area contributed by atoms with E-state index in [2.05, 4.69) is 25.1 Å². The summed E-state index contributed by atoms with van der Waals surface area (Å²) in [5, 5.41) is 18.3. The lowest BCUT2D eigenvalue weighted by Crippen LogP contribution is -2.47. The van der Waals surface area contributed by atoms with E-state index >= 15 is 0 Å². The summed E-state index contributed by atoms with van der Waals surface area (Å²) in [6.45, 7) is 9.57. The third kappa shape index (κ3) is 5.20. The molecule has 0 aliphatic carbocycles. The molecule has 0 bridgehead atoms. The van der Waals surface area contributed by atoms with Crippen LogP contribution in [0.15, 0.2) is 48.8 Å². The number of aromatic hydroxyl groups is 1. The Morgan fingerprint density at radius 1 is 0.952 bits per heavy atom. The second-order valence-electron chi connectivity index (χ2n) is 11.2. The number of esters is 1. The molecule has 0 radical (unpaired) electrons. The van der Waals surface area contributed by atoms with Gasteiger partial charge in [-0.25, -0.2) is 4.98 Å². The molecule has 4 heterocycles. The van der Waals surface area contributed by atoms with Gasteiger partial charge in [-0.15, -0.1) is 5.10 Å². The van der Waals surface area contributed by atoms with E-state index < -0.39 is 11.6 Å². The topological polar surface area (TPSA) is 144 Å². The lowest BCUT2D eigenvalue weighted by atomic mass is 10.1. The number of phenolic OH excluding ortho intramolecular Hbond substituents is 1. The molecule has 0 amide bonds. The van der Waals surface area contributed by atoms with Gasteiger partial charge in [-0.3, -0.25) is 9.59 Å². The van der Waals surface area contributed by atoms with Crippen LogP contribution in [0.5, 0.6) is 5.75 Å². The van der Waals surface area contributed by atoms with Gasteiger partial charge in [0.05, 0.1) is 11.8 Å². The number of Topliss-reactive ketones (excluding diaryl/α,β-unsaturated/α-hetero) is 1. The number of carbonyl (C=O) groups excluding carboxylic acids is 2. The van der Waals surface area contributed by atoms with Crippen molar-refractivity contribution in [2.45, 2.75) is 39.8 Å². The van der Waals surface area contributed by atoms with Gasteiger partial charge in [-0.1, -0.05) is 11.3 Å². The molecule has 1 fully saturated rings. The van der Waals surface area contributed by atoms with Crippen LogP contribution in [0, 0.1) is 0 Å². The Hall–Kier alpha value is -5.07. The number of benzene rings is 2. The van der Waals surface area contributed by atoms with Crippen LogP contribution in [0.3, 0.4) is 0 Å². The van der Waals surface area contributed by atoms with E-state index in [4.69, 9.17) is 14.7 Å². The maximum absolute atomic E-state index is 12.7. The summed E-state index contributed by atoms with van der Waals surface area (Å²) in [6.07, 6.45) is 1.54. The fourth-order valence-electron chi connectivity index (χ4n) is 5.05. The summed E-state index contributed by atoms with van der Waals surface area (Å²) in [4.78, 5) is 43.6. The Kier molecular flexibility index (Phi) is 6.71. The van der Waals surface area contributed by atoms with E-state index in [-0.39, 0.29) is 18.1 Å². The second kappa shape index (κ2) is 10.4. The van der Waals surface area contributed by atoms with Gasteiger partial charge in [0.15, 0.2) is 22.8 Å². The van der Waals surface area contributed by atoms with Gasteiger partial charge in [0, 0.05) is 37.4 Å². The highest BCUT2D eigenvalue weighted by atomic mass is 16.6. The minimum Gasteiger partial charge on any atom is -0.508 e. The largest absolute Gasteiger partial charge is 0.508 e. The Labute approximate surface area is 241 Å². The van der Waals surface area contributed by atoms with E-state index in [1.54, 1.807) is 39.8 Å². The van der Waals surface area contributed by atoms with Crippen molar-refractivity contribution < 1.29 is 19.4 Å². The average Bonchev–Trinajstić information content (AvgIpc) is 3.56. The third-order valence-electron chi connectivity index (χ3n) is 6.99. The minimum atomic E-state index is -0.635. The number of piperazine rings is 1. The zero-order valence-electron chi connectivity index (χ0n) is 23.9. The molecule has 5 aromatic rings. The normalized spacial score (nSPS) is 14.1. The molecule has 1 saturated heterocycles. The smallest absolute Gasteiger partial charge is 0.326 e. The molecule has 1 aliphatic rings. The van der Waals surface area contributed by atoms with Gasteiger partial charge in [0.1, 0.15) is 23.4 Å². The van der Waals surface area contributed by atoms with Gasteiger partial charge in [0.25, 0.3) is 0 Å². The molecule has 1 aliphatic heterocycles. The van der Waals surface area contributed by atoms with Crippen LogP contribution >= 0.6 is 0 Å². The molecule has 2 aromatic carbocycles. The number of fused-ring (bicyclic) bond motifs is 2. The molecule has 3 aromatic heterocycles. The van der Waals surface area contributed by atoms with Crippen molar-refractivity contribution in [3.8, 4) is 11.6 Å². The van der Waals surface area contributed by atoms with Crippen molar-refractivity contribution >= 4 is 45.6 Å². The molecule has 13 nitrogen and oxygen atoms in total. The van der Waals surface area contributed by atoms with Crippen molar-refractivity contribution in [2.75, 3.05) is 36.0 Å². The molecular formula is C29H31N9O4. The highest BCUT2D eigenvalue weighted by Crippen LogP contribution is 2.27. The zero-order chi connectivity index (χ0) is 29.6. The molecule has 6 rings (SSSR count). The van der Waals surface area contributed by atoms with Crippen molar-refractivity contribution in [3.63, 3.8) is 0 Å². The summed E-state index contributed by atoms with van der Waals surface area (Å²) in [5.41, 5.74) is 2.81. The van der Waals surface area contributed by atoms with Crippen LogP contribution in [0.2, 0.25) is 0 Å². The Balaban J connectivity index is 1.41. The van der Waals surface area contributed by atoms with Gasteiger partial charge < -0.3 is 24.2 Å². The lowest BCUT2D eigenvalue weighted by molar-refractivity contribution is -0.155. The number of phenols is 1. The molecule has 1 N–H and O–H groups in total. The van der Waals surface area contributed by atoms with Crippen LogP contribution in [0.1, 0.15) is 38.1 Å². The molecule has 0 atom stereocenters. The van der Waals surface area contributed by atoms with E-state index in [0.29, 0.717) is 65.7 Å². The average molecular weight is 570 g/mol. The molecule has 0 saturated carbocycles. The Morgan fingerprint density at radius 3 is 2.36 bits per heavy atom. The number of carbonyl (C=O) groups is 2. The van der Waals surface area contributed by atoms with Crippen LogP contribution < -0.4 is 9.80 Å². The van der Waals surface area contributed by atoms with E-state index in [0.717, 1.165) is 5.69 Å². The number of aromatic nitrogens is 7. The Morgan fingerprint density at radius 2 is 1.67 bits per heavy atom. The van der Waals surface area contributed by atoms with Crippen molar-refractivity contribution in [1.82, 2.24) is 34.5 Å². The highest BCUT2D eigenvalue weighted by molar-refractivity contribution is 6.05. The number of ketones is 1. The first-order valence-electron chi connectivity index (χ1n) is 13.7. The lowest BCUT2D eigenvalue weighted by Gasteiger charge is -2.36. The summed E-state index contributed by atoms with van der Waals surface area (Å²) in [5.74, 6) is 0.547. The SMILES string of the molecule is CC(=O)c1cccc2c1nnn2-c1nc(N2CCN(c3ccc(O)cc3)CC2)nc2c1ncn2CC(=O)OC(C)(C)C. The molecule has 13 heteroatoms. The standard InChI is InChI=1S/C29H31N9O4/c1-18(39)21-6-5-7-22-24(21)33-34-38(22)27-25-26(37(17-30-25)16-23(41)42-29(2,3)4)31-28(32-27)36-14-12-35(13-15-36)19-8-10-20(40)11-9-19/h5-11,17,40H,12-16H2,1-4H3. The number of ether oxygens (including phenoxy) is 1. The van der Waals surface area contributed by atoms with Crippen molar-refractivity contribution in [1.29, 1.82) is 0 Å². The van der Waals surface area contributed by atoms with Crippen molar-refractivity contribution in [2.24, 2.45) is 0 Å². The van der Waals surface area contributed by atoms with Gasteiger partial charge in [-0.05, 0) is 64.1 Å². The summed E-state index contributed by atoms with van der Waals surface area (Å²) in [7, 11) is 0. The van der Waals surface area contributed by atoms with Gasteiger partial charge in [-0.2, -0.15) is 14.6 Å². The molecule has 0 spiro atoms. The first-order valence-corrected chi connectivity index (χ1v) is 13.7. The highest BCUT2D eigenvalue weighted by Gasteiger charge is 2.26. The van der Waals surface area contributed by atoms with Crippen LogP contribution in [0.4, 0.5) is 11.6 Å². The summed E-state index contributed by atoms with van der Waals surface area (Å²) in [6, 6.07) is 12.5. The monoisotopic (exact) mass is 569 g/mol. The van der Waals surface area contributed by atoms with E-state index in [1.807, 2.05) is 39.0 Å². The van der Waals surface area contributed by atoms with E-state index in [1.165, 1.54) is 6.92 Å². The predicted molar refractivity (Wildman–Crippen MR) is 156 cm³/mol. The number of rotatable bonds is 6.